The third-order valence-corrected chi connectivity index (χ3v) is 2.20. The van der Waals surface area contributed by atoms with Gasteiger partial charge in [0.2, 0.25) is 0 Å². The summed E-state index contributed by atoms with van der Waals surface area (Å²) in [6, 6.07) is 1.68. The van der Waals surface area contributed by atoms with Gasteiger partial charge in [0.05, 0.1) is 7.11 Å². The molecule has 0 saturated heterocycles. The maximum atomic E-state index is 11.4. The van der Waals surface area contributed by atoms with Gasteiger partial charge in [-0.3, -0.25) is 0 Å². The highest BCUT2D eigenvalue weighted by molar-refractivity contribution is 5.99. The van der Waals surface area contributed by atoms with E-state index >= 15 is 0 Å². The lowest BCUT2D eigenvalue weighted by atomic mass is 10.2. The quantitative estimate of drug-likeness (QED) is 0.725. The summed E-state index contributed by atoms with van der Waals surface area (Å²) in [6.07, 6.45) is 1.50. The molecule has 0 amide bonds. The normalized spacial score (nSPS) is 11.0. The second-order valence-corrected chi connectivity index (χ2v) is 3.70. The molecule has 0 N–H and O–H groups in total. The molecule has 0 atom stereocenters. The zero-order valence-electron chi connectivity index (χ0n) is 9.35. The minimum absolute atomic E-state index is 0.165. The molecule has 84 valence electrons. The van der Waals surface area contributed by atoms with Crippen LogP contribution in [0, 0.1) is 0 Å². The van der Waals surface area contributed by atoms with Gasteiger partial charge >= 0.3 is 5.97 Å². The molecular weight excluding hydrogens is 208 g/mol. The Bertz CT molecular complexity index is 531. The zero-order valence-corrected chi connectivity index (χ0v) is 9.35. The van der Waals surface area contributed by atoms with Crippen molar-refractivity contribution >= 4 is 17.1 Å². The van der Waals surface area contributed by atoms with Crippen molar-refractivity contribution in [3.63, 3.8) is 0 Å². The van der Waals surface area contributed by atoms with Crippen molar-refractivity contribution in [1.29, 1.82) is 0 Å². The van der Waals surface area contributed by atoms with E-state index in [9.17, 15) is 4.79 Å². The highest BCUT2D eigenvalue weighted by Crippen LogP contribution is 2.22. The number of methoxy groups -OCH3 is 1. The van der Waals surface area contributed by atoms with Gasteiger partial charge in [0.15, 0.2) is 17.2 Å². The van der Waals surface area contributed by atoms with Crippen molar-refractivity contribution in [3.8, 4) is 0 Å². The lowest BCUT2D eigenvalue weighted by Crippen LogP contribution is -2.04. The summed E-state index contributed by atoms with van der Waals surface area (Å²) >= 11 is 0. The van der Waals surface area contributed by atoms with E-state index in [4.69, 9.17) is 4.42 Å². The van der Waals surface area contributed by atoms with Crippen LogP contribution in [-0.4, -0.2) is 23.0 Å². The average Bonchev–Trinajstić information content (AvgIpc) is 2.71. The summed E-state index contributed by atoms with van der Waals surface area (Å²) in [7, 11) is 1.31. The first-order valence-electron chi connectivity index (χ1n) is 4.97. The molecule has 0 unspecified atom stereocenters. The minimum atomic E-state index is -0.505. The standard InChI is InChI=1S/C11H12N2O3/c1-6(2)10-13-8-7(16-10)4-5-12-9(8)11(14)15-3/h4-6H,1-3H3. The number of rotatable bonds is 2. The number of nitrogens with zero attached hydrogens (tertiary/aromatic N) is 2. The molecule has 2 heterocycles. The maximum absolute atomic E-state index is 11.4. The predicted molar refractivity (Wildman–Crippen MR) is 57.2 cm³/mol. The van der Waals surface area contributed by atoms with Gasteiger partial charge in [-0.1, -0.05) is 13.8 Å². The Morgan fingerprint density at radius 1 is 1.50 bits per heavy atom. The molecule has 2 aromatic heterocycles. The largest absolute Gasteiger partial charge is 0.464 e. The number of oxazole rings is 1. The van der Waals surface area contributed by atoms with E-state index in [-0.39, 0.29) is 11.6 Å². The molecule has 2 rings (SSSR count). The number of hydrogen-bond acceptors (Lipinski definition) is 5. The fourth-order valence-corrected chi connectivity index (χ4v) is 1.37. The smallest absolute Gasteiger partial charge is 0.359 e. The number of aromatic nitrogens is 2. The van der Waals surface area contributed by atoms with Gasteiger partial charge in [0.25, 0.3) is 0 Å². The molecular formula is C11H12N2O3. The molecule has 0 aliphatic heterocycles. The number of carbonyl (C=O) groups excluding carboxylic acids is 1. The van der Waals surface area contributed by atoms with Crippen molar-refractivity contribution in [2.45, 2.75) is 19.8 Å². The van der Waals surface area contributed by atoms with Crippen LogP contribution in [-0.2, 0) is 4.74 Å². The first-order valence-corrected chi connectivity index (χ1v) is 4.97. The van der Waals surface area contributed by atoms with Crippen molar-refractivity contribution in [3.05, 3.63) is 23.8 Å². The molecule has 0 spiro atoms. The van der Waals surface area contributed by atoms with Crippen molar-refractivity contribution in [2.24, 2.45) is 0 Å². The number of hydrogen-bond donors (Lipinski definition) is 0. The lowest BCUT2D eigenvalue weighted by molar-refractivity contribution is 0.0596. The molecule has 0 aliphatic carbocycles. The maximum Gasteiger partial charge on any atom is 0.359 e. The second-order valence-electron chi connectivity index (χ2n) is 3.70. The third kappa shape index (κ3) is 1.64. The Labute approximate surface area is 92.4 Å². The number of carbonyl (C=O) groups is 1. The molecule has 5 nitrogen and oxygen atoms in total. The lowest BCUT2D eigenvalue weighted by Gasteiger charge is -1.96. The van der Waals surface area contributed by atoms with Crippen LogP contribution < -0.4 is 0 Å². The van der Waals surface area contributed by atoms with E-state index in [0.29, 0.717) is 17.0 Å². The molecule has 0 aromatic carbocycles. The molecule has 0 radical (unpaired) electrons. The zero-order chi connectivity index (χ0) is 11.7. The van der Waals surface area contributed by atoms with Crippen LogP contribution in [0.5, 0.6) is 0 Å². The van der Waals surface area contributed by atoms with Crippen LogP contribution in [0.1, 0.15) is 36.1 Å². The van der Waals surface area contributed by atoms with Crippen molar-refractivity contribution in [1.82, 2.24) is 9.97 Å². The SMILES string of the molecule is COC(=O)c1nccc2oc(C(C)C)nc12. The summed E-state index contributed by atoms with van der Waals surface area (Å²) in [5.41, 5.74) is 1.20. The summed E-state index contributed by atoms with van der Waals surface area (Å²) in [5.74, 6) is 0.250. The van der Waals surface area contributed by atoms with E-state index in [1.54, 1.807) is 6.07 Å². The summed E-state index contributed by atoms with van der Waals surface area (Å²) in [6.45, 7) is 3.94. The number of esters is 1. The molecule has 2 aromatic rings. The van der Waals surface area contributed by atoms with Crippen molar-refractivity contribution < 1.29 is 13.9 Å². The Kier molecular flexibility index (Phi) is 2.60. The number of ether oxygens (including phenoxy) is 1. The van der Waals surface area contributed by atoms with Crippen LogP contribution in [0.3, 0.4) is 0 Å². The number of fused-ring (bicyclic) bond motifs is 1. The molecule has 0 bridgehead atoms. The highest BCUT2D eigenvalue weighted by Gasteiger charge is 2.18. The monoisotopic (exact) mass is 220 g/mol. The van der Waals surface area contributed by atoms with Crippen LogP contribution >= 0.6 is 0 Å². The Hall–Kier alpha value is -1.91. The first-order chi connectivity index (χ1) is 7.63. The number of pyridine rings is 1. The predicted octanol–water partition coefficient (Wildman–Crippen LogP) is 2.13. The van der Waals surface area contributed by atoms with E-state index in [1.807, 2.05) is 13.8 Å². The summed E-state index contributed by atoms with van der Waals surface area (Å²) < 4.78 is 10.1. The summed E-state index contributed by atoms with van der Waals surface area (Å²) in [4.78, 5) is 19.6. The Balaban J connectivity index is 2.63. The molecule has 0 fully saturated rings. The molecule has 0 saturated carbocycles. The minimum Gasteiger partial charge on any atom is -0.464 e. The van der Waals surface area contributed by atoms with Crippen LogP contribution in [0.4, 0.5) is 0 Å². The fourth-order valence-electron chi connectivity index (χ4n) is 1.37. The van der Waals surface area contributed by atoms with Crippen molar-refractivity contribution in [2.75, 3.05) is 7.11 Å². The van der Waals surface area contributed by atoms with Crippen LogP contribution in [0.2, 0.25) is 0 Å². The van der Waals surface area contributed by atoms with E-state index in [1.165, 1.54) is 13.3 Å². The van der Waals surface area contributed by atoms with E-state index in [0.717, 1.165) is 0 Å². The Morgan fingerprint density at radius 2 is 2.25 bits per heavy atom. The summed E-state index contributed by atoms with van der Waals surface area (Å²) in [5, 5.41) is 0. The molecule has 16 heavy (non-hydrogen) atoms. The molecule has 0 aliphatic rings. The van der Waals surface area contributed by atoms with Gasteiger partial charge < -0.3 is 9.15 Å². The van der Waals surface area contributed by atoms with E-state index < -0.39 is 5.97 Å². The first kappa shape index (κ1) is 10.6. The van der Waals surface area contributed by atoms with E-state index in [2.05, 4.69) is 14.7 Å². The van der Waals surface area contributed by atoms with Crippen LogP contribution in [0.15, 0.2) is 16.7 Å². The fraction of sp³-hybridized carbons (Fsp3) is 0.364. The topological polar surface area (TPSA) is 65.2 Å². The molecule has 5 heteroatoms. The van der Waals surface area contributed by atoms with Gasteiger partial charge in [0, 0.05) is 18.2 Å². The van der Waals surface area contributed by atoms with Gasteiger partial charge in [-0.05, 0) is 0 Å². The Morgan fingerprint density at radius 3 is 2.88 bits per heavy atom. The second kappa shape index (κ2) is 3.92. The van der Waals surface area contributed by atoms with Gasteiger partial charge in [-0.25, -0.2) is 14.8 Å². The van der Waals surface area contributed by atoms with Crippen LogP contribution in [0.25, 0.3) is 11.1 Å². The average molecular weight is 220 g/mol. The third-order valence-electron chi connectivity index (χ3n) is 2.20. The highest BCUT2D eigenvalue weighted by atomic mass is 16.5. The van der Waals surface area contributed by atoms with Gasteiger partial charge in [-0.15, -0.1) is 0 Å². The van der Waals surface area contributed by atoms with Gasteiger partial charge in [0.1, 0.15) is 5.52 Å². The van der Waals surface area contributed by atoms with Gasteiger partial charge in [-0.2, -0.15) is 0 Å².